The lowest BCUT2D eigenvalue weighted by Gasteiger charge is -2.27. The number of carbonyl (C=O) groups excluding carboxylic acids is 1. The number of amides is 1. The molecule has 1 saturated heterocycles. The highest BCUT2D eigenvalue weighted by Gasteiger charge is 2.20. The average Bonchev–Trinajstić information content (AvgIpc) is 3.05. The Balaban J connectivity index is 1.85. The van der Waals surface area contributed by atoms with Gasteiger partial charge in [0.25, 0.3) is 5.91 Å². The largest absolute Gasteiger partial charge is 0.336 e. The first-order chi connectivity index (χ1) is 10.9. The lowest BCUT2D eigenvalue weighted by atomic mass is 9.98. The molecule has 1 fully saturated rings. The van der Waals surface area contributed by atoms with Crippen LogP contribution in [-0.2, 0) is 5.41 Å². The summed E-state index contributed by atoms with van der Waals surface area (Å²) in [6.07, 6.45) is 0. The summed E-state index contributed by atoms with van der Waals surface area (Å²) in [5.74, 6) is 0.111. The highest BCUT2D eigenvalue weighted by atomic mass is 32.1. The van der Waals surface area contributed by atoms with E-state index < -0.39 is 0 Å². The Hall–Kier alpha value is -1.72. The number of piperazine rings is 1. The molecule has 3 rings (SSSR count). The van der Waals surface area contributed by atoms with Crippen molar-refractivity contribution in [3.63, 3.8) is 0 Å². The zero-order chi connectivity index (χ0) is 16.4. The van der Waals surface area contributed by atoms with E-state index in [2.05, 4.69) is 31.5 Å². The molecule has 0 unspecified atom stereocenters. The minimum atomic E-state index is 0.0527. The lowest BCUT2D eigenvalue weighted by Crippen LogP contribution is -2.46. The van der Waals surface area contributed by atoms with E-state index in [9.17, 15) is 4.79 Å². The molecule has 0 spiro atoms. The van der Waals surface area contributed by atoms with Crippen molar-refractivity contribution in [1.29, 1.82) is 0 Å². The molecule has 1 aliphatic heterocycles. The van der Waals surface area contributed by atoms with Crippen LogP contribution in [0.15, 0.2) is 29.6 Å². The quantitative estimate of drug-likeness (QED) is 0.920. The number of benzene rings is 1. The Morgan fingerprint density at radius 3 is 2.65 bits per heavy atom. The van der Waals surface area contributed by atoms with Gasteiger partial charge in [-0.1, -0.05) is 32.9 Å². The van der Waals surface area contributed by atoms with E-state index in [0.717, 1.165) is 48.0 Å². The minimum Gasteiger partial charge on any atom is -0.336 e. The maximum atomic E-state index is 12.6. The Morgan fingerprint density at radius 1 is 1.26 bits per heavy atom. The number of rotatable bonds is 2. The number of hydrogen-bond acceptors (Lipinski definition) is 4. The SMILES string of the molecule is CC(C)(C)c1nc(-c2cccc(C(=O)N3CCNCC3)c2)cs1. The first-order valence-electron chi connectivity index (χ1n) is 8.01. The maximum Gasteiger partial charge on any atom is 0.253 e. The van der Waals surface area contributed by atoms with Gasteiger partial charge < -0.3 is 10.2 Å². The first kappa shape index (κ1) is 16.1. The number of nitrogens with one attached hydrogen (secondary N) is 1. The van der Waals surface area contributed by atoms with E-state index in [1.165, 1.54) is 0 Å². The summed E-state index contributed by atoms with van der Waals surface area (Å²) < 4.78 is 0. The summed E-state index contributed by atoms with van der Waals surface area (Å²) >= 11 is 1.68. The molecule has 0 saturated carbocycles. The summed E-state index contributed by atoms with van der Waals surface area (Å²) in [7, 11) is 0. The topological polar surface area (TPSA) is 45.2 Å². The number of carbonyl (C=O) groups is 1. The molecule has 0 radical (unpaired) electrons. The van der Waals surface area contributed by atoms with Crippen LogP contribution in [-0.4, -0.2) is 42.0 Å². The zero-order valence-corrected chi connectivity index (χ0v) is 14.7. The van der Waals surface area contributed by atoms with Gasteiger partial charge in [0, 0.05) is 48.1 Å². The van der Waals surface area contributed by atoms with E-state index >= 15 is 0 Å². The number of hydrogen-bond donors (Lipinski definition) is 1. The predicted octanol–water partition coefficient (Wildman–Crippen LogP) is 3.15. The molecule has 1 aromatic carbocycles. The normalized spacial score (nSPS) is 15.7. The summed E-state index contributed by atoms with van der Waals surface area (Å²) in [5.41, 5.74) is 2.76. The van der Waals surface area contributed by atoms with Crippen molar-refractivity contribution >= 4 is 17.2 Å². The molecule has 1 N–H and O–H groups in total. The fourth-order valence-corrected chi connectivity index (χ4v) is 3.53. The smallest absolute Gasteiger partial charge is 0.253 e. The van der Waals surface area contributed by atoms with Crippen LogP contribution in [0.4, 0.5) is 0 Å². The van der Waals surface area contributed by atoms with Crippen molar-refractivity contribution < 1.29 is 4.79 Å². The predicted molar refractivity (Wildman–Crippen MR) is 95.0 cm³/mol. The van der Waals surface area contributed by atoms with Gasteiger partial charge in [0.15, 0.2) is 0 Å². The van der Waals surface area contributed by atoms with Crippen LogP contribution in [0.1, 0.15) is 36.1 Å². The van der Waals surface area contributed by atoms with Gasteiger partial charge in [-0.25, -0.2) is 4.98 Å². The third kappa shape index (κ3) is 3.62. The van der Waals surface area contributed by atoms with Crippen LogP contribution in [0.2, 0.25) is 0 Å². The van der Waals surface area contributed by atoms with Gasteiger partial charge in [-0.05, 0) is 12.1 Å². The van der Waals surface area contributed by atoms with E-state index in [4.69, 9.17) is 4.98 Å². The van der Waals surface area contributed by atoms with Gasteiger partial charge in [0.2, 0.25) is 0 Å². The van der Waals surface area contributed by atoms with E-state index in [-0.39, 0.29) is 11.3 Å². The van der Waals surface area contributed by atoms with Crippen LogP contribution in [0.25, 0.3) is 11.3 Å². The Morgan fingerprint density at radius 2 is 2.00 bits per heavy atom. The average molecular weight is 329 g/mol. The van der Waals surface area contributed by atoms with E-state index in [1.807, 2.05) is 29.2 Å². The Bertz CT molecular complexity index is 696. The summed E-state index contributed by atoms with van der Waals surface area (Å²) in [5, 5.41) is 6.47. The zero-order valence-electron chi connectivity index (χ0n) is 13.9. The standard InChI is InChI=1S/C18H23N3OS/c1-18(2,3)17-20-15(12-23-17)13-5-4-6-14(11-13)16(22)21-9-7-19-8-10-21/h4-6,11-12,19H,7-10H2,1-3H3. The van der Waals surface area contributed by atoms with Crippen LogP contribution < -0.4 is 5.32 Å². The Labute approximate surface area is 141 Å². The van der Waals surface area contributed by atoms with Crippen molar-refractivity contribution in [3.8, 4) is 11.3 Å². The van der Waals surface area contributed by atoms with E-state index in [1.54, 1.807) is 11.3 Å². The molecule has 0 aliphatic carbocycles. The maximum absolute atomic E-state index is 12.6. The van der Waals surface area contributed by atoms with Crippen LogP contribution in [0.5, 0.6) is 0 Å². The van der Waals surface area contributed by atoms with Crippen LogP contribution in [0, 0.1) is 0 Å². The number of aromatic nitrogens is 1. The van der Waals surface area contributed by atoms with Crippen LogP contribution >= 0.6 is 11.3 Å². The number of thiazole rings is 1. The molecular weight excluding hydrogens is 306 g/mol. The molecule has 1 aliphatic rings. The molecule has 2 heterocycles. The second-order valence-corrected chi connectivity index (χ2v) is 7.77. The molecule has 2 aromatic rings. The molecule has 4 nitrogen and oxygen atoms in total. The van der Waals surface area contributed by atoms with Crippen molar-refractivity contribution in [2.24, 2.45) is 0 Å². The molecule has 1 aromatic heterocycles. The molecule has 1 amide bonds. The van der Waals surface area contributed by atoms with Crippen molar-refractivity contribution in [1.82, 2.24) is 15.2 Å². The van der Waals surface area contributed by atoms with Gasteiger partial charge in [-0.15, -0.1) is 11.3 Å². The van der Waals surface area contributed by atoms with Gasteiger partial charge in [-0.3, -0.25) is 4.79 Å². The third-order valence-corrected chi connectivity index (χ3v) is 5.22. The van der Waals surface area contributed by atoms with Crippen molar-refractivity contribution in [3.05, 3.63) is 40.2 Å². The molecule has 23 heavy (non-hydrogen) atoms. The second kappa shape index (κ2) is 6.42. The fraction of sp³-hybridized carbons (Fsp3) is 0.444. The monoisotopic (exact) mass is 329 g/mol. The third-order valence-electron chi connectivity index (χ3n) is 3.96. The molecule has 0 atom stereocenters. The Kier molecular flexibility index (Phi) is 4.50. The van der Waals surface area contributed by atoms with Crippen molar-refractivity contribution in [2.75, 3.05) is 26.2 Å². The number of nitrogens with zero attached hydrogens (tertiary/aromatic N) is 2. The van der Waals surface area contributed by atoms with Crippen LogP contribution in [0.3, 0.4) is 0 Å². The van der Waals surface area contributed by atoms with Gasteiger partial charge >= 0.3 is 0 Å². The molecule has 122 valence electrons. The summed E-state index contributed by atoms with van der Waals surface area (Å²) in [6.45, 7) is 9.78. The highest BCUT2D eigenvalue weighted by molar-refractivity contribution is 7.10. The summed E-state index contributed by atoms with van der Waals surface area (Å²) in [4.78, 5) is 19.3. The van der Waals surface area contributed by atoms with Gasteiger partial charge in [0.1, 0.15) is 0 Å². The lowest BCUT2D eigenvalue weighted by molar-refractivity contribution is 0.0736. The first-order valence-corrected chi connectivity index (χ1v) is 8.89. The second-order valence-electron chi connectivity index (χ2n) is 6.91. The van der Waals surface area contributed by atoms with Crippen molar-refractivity contribution in [2.45, 2.75) is 26.2 Å². The molecule has 0 bridgehead atoms. The fourth-order valence-electron chi connectivity index (χ4n) is 2.61. The summed E-state index contributed by atoms with van der Waals surface area (Å²) in [6, 6.07) is 7.83. The minimum absolute atomic E-state index is 0.0527. The highest BCUT2D eigenvalue weighted by Crippen LogP contribution is 2.30. The van der Waals surface area contributed by atoms with E-state index in [0.29, 0.717) is 0 Å². The van der Waals surface area contributed by atoms with Gasteiger partial charge in [0.05, 0.1) is 10.7 Å². The molecule has 5 heteroatoms. The molecular formula is C18H23N3OS. The van der Waals surface area contributed by atoms with Gasteiger partial charge in [-0.2, -0.15) is 0 Å².